The molecule has 3 rings (SSSR count). The van der Waals surface area contributed by atoms with Crippen LogP contribution in [0.2, 0.25) is 0 Å². The van der Waals surface area contributed by atoms with Gasteiger partial charge in [-0.25, -0.2) is 8.42 Å². The van der Waals surface area contributed by atoms with Gasteiger partial charge < -0.3 is 4.74 Å². The quantitative estimate of drug-likeness (QED) is 0.813. The first-order valence-corrected chi connectivity index (χ1v) is 9.70. The van der Waals surface area contributed by atoms with Gasteiger partial charge in [-0.2, -0.15) is 14.5 Å². The summed E-state index contributed by atoms with van der Waals surface area (Å²) in [5, 5.41) is 12.2. The Hall–Kier alpha value is -2.00. The second-order valence-electron chi connectivity index (χ2n) is 6.38. The van der Waals surface area contributed by atoms with Gasteiger partial charge in [0.25, 0.3) is 0 Å². The van der Waals surface area contributed by atoms with E-state index in [1.54, 1.807) is 31.6 Å². The molecule has 0 aromatic carbocycles. The minimum atomic E-state index is -3.60. The third-order valence-electron chi connectivity index (χ3n) is 4.44. The van der Waals surface area contributed by atoms with Crippen LogP contribution in [0.1, 0.15) is 29.9 Å². The monoisotopic (exact) mass is 365 g/mol. The van der Waals surface area contributed by atoms with E-state index in [-0.39, 0.29) is 6.10 Å². The second kappa shape index (κ2) is 6.72. The molecule has 1 aliphatic rings. The molecule has 0 saturated carbocycles. The molecule has 0 N–H and O–H groups in total. The van der Waals surface area contributed by atoms with E-state index in [0.717, 1.165) is 18.5 Å². The van der Waals surface area contributed by atoms with Crippen molar-refractivity contribution >= 4 is 10.0 Å². The molecule has 2 aromatic heterocycles. The predicted molar refractivity (Wildman–Crippen MR) is 91.9 cm³/mol. The van der Waals surface area contributed by atoms with Crippen molar-refractivity contribution in [3.8, 4) is 5.88 Å². The van der Waals surface area contributed by atoms with Gasteiger partial charge in [-0.05, 0) is 39.7 Å². The van der Waals surface area contributed by atoms with Gasteiger partial charge in [0.1, 0.15) is 11.0 Å². The summed E-state index contributed by atoms with van der Waals surface area (Å²) >= 11 is 0. The van der Waals surface area contributed by atoms with E-state index in [0.29, 0.717) is 35.3 Å². The first-order chi connectivity index (χ1) is 11.8. The van der Waals surface area contributed by atoms with Crippen molar-refractivity contribution in [2.45, 2.75) is 44.6 Å². The number of sulfonamides is 1. The molecule has 1 atom stereocenters. The highest BCUT2D eigenvalue weighted by Crippen LogP contribution is 2.26. The van der Waals surface area contributed by atoms with Crippen molar-refractivity contribution in [3.05, 3.63) is 29.2 Å². The van der Waals surface area contributed by atoms with Gasteiger partial charge in [-0.15, -0.1) is 5.10 Å². The zero-order valence-corrected chi connectivity index (χ0v) is 15.7. The highest BCUT2D eigenvalue weighted by molar-refractivity contribution is 7.89. The van der Waals surface area contributed by atoms with Crippen LogP contribution in [0.15, 0.2) is 17.0 Å². The molecule has 0 unspecified atom stereocenters. The Kier molecular flexibility index (Phi) is 4.79. The van der Waals surface area contributed by atoms with Crippen LogP contribution >= 0.6 is 0 Å². The largest absolute Gasteiger partial charge is 0.472 e. The normalized spacial score (nSPS) is 19.1. The summed E-state index contributed by atoms with van der Waals surface area (Å²) in [6.07, 6.45) is 1.28. The van der Waals surface area contributed by atoms with Gasteiger partial charge in [0.2, 0.25) is 15.9 Å². The van der Waals surface area contributed by atoms with Crippen molar-refractivity contribution in [1.29, 1.82) is 0 Å². The van der Waals surface area contributed by atoms with Crippen LogP contribution in [-0.4, -0.2) is 51.9 Å². The predicted octanol–water partition coefficient (Wildman–Crippen LogP) is 1.37. The van der Waals surface area contributed by atoms with Crippen LogP contribution in [0.3, 0.4) is 0 Å². The van der Waals surface area contributed by atoms with E-state index in [2.05, 4.69) is 15.3 Å². The first kappa shape index (κ1) is 17.8. The summed E-state index contributed by atoms with van der Waals surface area (Å²) in [6, 6.07) is 3.58. The third-order valence-corrected chi connectivity index (χ3v) is 6.56. The summed E-state index contributed by atoms with van der Waals surface area (Å²) in [4.78, 5) is 0.297. The molecular formula is C16H23N5O3S. The van der Waals surface area contributed by atoms with E-state index in [4.69, 9.17) is 4.74 Å². The minimum Gasteiger partial charge on any atom is -0.472 e. The molecule has 0 amide bonds. The molecule has 25 heavy (non-hydrogen) atoms. The number of rotatable bonds is 4. The number of hydrogen-bond donors (Lipinski definition) is 0. The fourth-order valence-electron chi connectivity index (χ4n) is 3.10. The van der Waals surface area contributed by atoms with Crippen LogP contribution in [-0.2, 0) is 17.1 Å². The number of aryl methyl sites for hydroxylation is 3. The smallest absolute Gasteiger partial charge is 0.246 e. The highest BCUT2D eigenvalue weighted by atomic mass is 32.2. The Balaban J connectivity index is 1.79. The SMILES string of the molecule is Cc1ccc(O[C@H]2CCCN(S(=O)(=O)c3c(C)nn(C)c3C)C2)nn1. The van der Waals surface area contributed by atoms with Gasteiger partial charge in [0.05, 0.1) is 23.6 Å². The molecule has 1 aliphatic heterocycles. The molecule has 9 heteroatoms. The van der Waals surface area contributed by atoms with Gasteiger partial charge in [0, 0.05) is 19.7 Å². The van der Waals surface area contributed by atoms with Crippen molar-refractivity contribution in [2.75, 3.05) is 13.1 Å². The summed E-state index contributed by atoms with van der Waals surface area (Å²) in [5.74, 6) is 0.420. The average molecular weight is 365 g/mol. The summed E-state index contributed by atoms with van der Waals surface area (Å²) < 4.78 is 35.1. The molecule has 1 saturated heterocycles. The Morgan fingerprint density at radius 3 is 2.56 bits per heavy atom. The topological polar surface area (TPSA) is 90.2 Å². The zero-order chi connectivity index (χ0) is 18.2. The molecule has 3 heterocycles. The number of piperidine rings is 1. The first-order valence-electron chi connectivity index (χ1n) is 8.26. The fraction of sp³-hybridized carbons (Fsp3) is 0.562. The number of aromatic nitrogens is 4. The van der Waals surface area contributed by atoms with E-state index in [9.17, 15) is 8.42 Å². The van der Waals surface area contributed by atoms with Crippen molar-refractivity contribution < 1.29 is 13.2 Å². The van der Waals surface area contributed by atoms with Crippen LogP contribution in [0.25, 0.3) is 0 Å². The lowest BCUT2D eigenvalue weighted by Gasteiger charge is -2.31. The summed E-state index contributed by atoms with van der Waals surface area (Å²) in [6.45, 7) is 6.12. The lowest BCUT2D eigenvalue weighted by Crippen LogP contribution is -2.44. The molecule has 2 aromatic rings. The van der Waals surface area contributed by atoms with Gasteiger partial charge in [0.15, 0.2) is 0 Å². The Morgan fingerprint density at radius 2 is 1.96 bits per heavy atom. The van der Waals surface area contributed by atoms with Crippen LogP contribution in [0.4, 0.5) is 0 Å². The molecule has 0 spiro atoms. The molecule has 0 bridgehead atoms. The second-order valence-corrected chi connectivity index (χ2v) is 8.26. The molecule has 0 radical (unpaired) electrons. The van der Waals surface area contributed by atoms with Crippen LogP contribution < -0.4 is 4.74 Å². The molecular weight excluding hydrogens is 342 g/mol. The van der Waals surface area contributed by atoms with E-state index >= 15 is 0 Å². The molecule has 8 nitrogen and oxygen atoms in total. The van der Waals surface area contributed by atoms with E-state index in [1.165, 1.54) is 4.31 Å². The minimum absolute atomic E-state index is 0.238. The van der Waals surface area contributed by atoms with Gasteiger partial charge in [-0.3, -0.25) is 4.68 Å². The average Bonchev–Trinajstić information content (AvgIpc) is 2.83. The zero-order valence-electron chi connectivity index (χ0n) is 14.9. The summed E-state index contributed by atoms with van der Waals surface area (Å²) in [5.41, 5.74) is 1.97. The lowest BCUT2D eigenvalue weighted by molar-refractivity contribution is 0.123. The Morgan fingerprint density at radius 1 is 1.20 bits per heavy atom. The Bertz CT molecular complexity index is 861. The molecule has 1 fully saturated rings. The third kappa shape index (κ3) is 3.52. The molecule has 0 aliphatic carbocycles. The fourth-order valence-corrected chi connectivity index (χ4v) is 5.01. The molecule has 136 valence electrons. The number of nitrogens with zero attached hydrogens (tertiary/aromatic N) is 5. The van der Waals surface area contributed by atoms with E-state index in [1.807, 2.05) is 13.0 Å². The maximum Gasteiger partial charge on any atom is 0.246 e. The standard InChI is InChI=1S/C16H23N5O3S/c1-11-7-8-15(18-17-11)24-14-6-5-9-21(10-14)25(22,23)16-12(2)19-20(4)13(16)3/h7-8,14H,5-6,9-10H2,1-4H3/t14-/m0/s1. The number of hydrogen-bond acceptors (Lipinski definition) is 6. The van der Waals surface area contributed by atoms with Crippen LogP contribution in [0, 0.1) is 20.8 Å². The lowest BCUT2D eigenvalue weighted by atomic mass is 10.1. The van der Waals surface area contributed by atoms with Crippen LogP contribution in [0.5, 0.6) is 5.88 Å². The highest BCUT2D eigenvalue weighted by Gasteiger charge is 2.34. The van der Waals surface area contributed by atoms with Gasteiger partial charge >= 0.3 is 0 Å². The number of ether oxygens (including phenoxy) is 1. The maximum absolute atomic E-state index is 13.1. The summed E-state index contributed by atoms with van der Waals surface area (Å²) in [7, 11) is -1.85. The van der Waals surface area contributed by atoms with E-state index < -0.39 is 10.0 Å². The van der Waals surface area contributed by atoms with Gasteiger partial charge in [-0.1, -0.05) is 0 Å². The van der Waals surface area contributed by atoms with Crippen molar-refractivity contribution in [3.63, 3.8) is 0 Å². The van der Waals surface area contributed by atoms with Crippen molar-refractivity contribution in [2.24, 2.45) is 7.05 Å². The Labute approximate surface area is 147 Å². The van der Waals surface area contributed by atoms with Crippen molar-refractivity contribution in [1.82, 2.24) is 24.3 Å². The maximum atomic E-state index is 13.1.